The van der Waals surface area contributed by atoms with Gasteiger partial charge in [0.2, 0.25) is 18.1 Å². The van der Waals surface area contributed by atoms with Crippen molar-refractivity contribution in [3.63, 3.8) is 0 Å². The maximum Gasteiger partial charge on any atom is 0.338 e. The molecule has 0 aromatic heterocycles. The lowest BCUT2D eigenvalue weighted by atomic mass is 9.83. The quantitative estimate of drug-likeness (QED) is 0.438. The third-order valence-corrected chi connectivity index (χ3v) is 6.84. The number of carbonyl (C=O) groups is 5. The number of nitrogens with zero attached hydrogens (tertiary/aromatic N) is 2. The highest BCUT2D eigenvalue weighted by Crippen LogP contribution is 2.53. The summed E-state index contributed by atoms with van der Waals surface area (Å²) in [5, 5.41) is 0. The van der Waals surface area contributed by atoms with Crippen LogP contribution in [-0.4, -0.2) is 64.9 Å². The molecule has 198 valence electrons. The van der Waals surface area contributed by atoms with Gasteiger partial charge in [0.15, 0.2) is 11.5 Å². The van der Waals surface area contributed by atoms with Gasteiger partial charge in [-0.2, -0.15) is 0 Å². The second kappa shape index (κ2) is 9.47. The van der Waals surface area contributed by atoms with E-state index in [1.165, 1.54) is 18.7 Å². The van der Waals surface area contributed by atoms with Crippen LogP contribution in [0.2, 0.25) is 0 Å². The predicted molar refractivity (Wildman–Crippen MR) is 129 cm³/mol. The van der Waals surface area contributed by atoms with Gasteiger partial charge in [0.05, 0.1) is 11.6 Å². The maximum atomic E-state index is 13.4. The van der Waals surface area contributed by atoms with E-state index in [2.05, 4.69) is 0 Å². The Morgan fingerprint density at radius 3 is 2.39 bits per heavy atom. The van der Waals surface area contributed by atoms with E-state index in [-0.39, 0.29) is 18.8 Å². The molecule has 0 bridgehead atoms. The lowest BCUT2D eigenvalue weighted by molar-refractivity contribution is -0.165. The average molecular weight is 523 g/mol. The first kappa shape index (κ1) is 25.2. The number of hydrogen-bond donors (Lipinski definition) is 0. The third kappa shape index (κ3) is 4.13. The van der Waals surface area contributed by atoms with Gasteiger partial charge in [0.1, 0.15) is 24.9 Å². The van der Waals surface area contributed by atoms with Crippen LogP contribution in [0, 0.1) is 6.92 Å². The van der Waals surface area contributed by atoms with Crippen molar-refractivity contribution in [2.24, 2.45) is 0 Å². The lowest BCUT2D eigenvalue weighted by Gasteiger charge is -2.47. The molecule has 2 aromatic rings. The van der Waals surface area contributed by atoms with E-state index in [0.29, 0.717) is 33.8 Å². The Morgan fingerprint density at radius 1 is 1.05 bits per heavy atom. The Hall–Kier alpha value is -4.41. The van der Waals surface area contributed by atoms with Crippen LogP contribution in [0.15, 0.2) is 30.3 Å². The van der Waals surface area contributed by atoms with E-state index in [9.17, 15) is 24.0 Å². The van der Waals surface area contributed by atoms with Gasteiger partial charge in [-0.25, -0.2) is 4.79 Å². The Kier molecular flexibility index (Phi) is 6.29. The molecule has 38 heavy (non-hydrogen) atoms. The van der Waals surface area contributed by atoms with Crippen molar-refractivity contribution in [2.45, 2.75) is 52.5 Å². The Balaban J connectivity index is 1.66. The molecule has 3 aliphatic rings. The van der Waals surface area contributed by atoms with Crippen LogP contribution in [-0.2, 0) is 30.3 Å². The normalized spacial score (nSPS) is 21.5. The standard InChI is InChI=1S/C27H26N2O9/c1-13-23(36-15(3)31)22-18(25-24(13)37-16(4)38-25)10-19-26(33)28(14(2)30)11-21(32)29(19)20(22)12-35-27(34)17-8-6-5-7-9-17/h5-9,16,19-20H,10-12H2,1-4H3/t16?,19-,20-/m1/s1. The minimum atomic E-state index is -1.07. The number of hydrogen-bond acceptors (Lipinski definition) is 9. The van der Waals surface area contributed by atoms with E-state index in [0.717, 1.165) is 4.90 Å². The van der Waals surface area contributed by atoms with Crippen molar-refractivity contribution in [1.82, 2.24) is 9.80 Å². The second-order valence-corrected chi connectivity index (χ2v) is 9.35. The van der Waals surface area contributed by atoms with Crippen LogP contribution >= 0.6 is 0 Å². The van der Waals surface area contributed by atoms with E-state index in [4.69, 9.17) is 18.9 Å². The highest BCUT2D eigenvalue weighted by Gasteiger charge is 2.51. The van der Waals surface area contributed by atoms with Crippen molar-refractivity contribution < 1.29 is 42.9 Å². The molecule has 0 N–H and O–H groups in total. The fourth-order valence-corrected chi connectivity index (χ4v) is 5.24. The molecule has 3 atom stereocenters. The van der Waals surface area contributed by atoms with Crippen LogP contribution < -0.4 is 14.2 Å². The van der Waals surface area contributed by atoms with Crippen LogP contribution in [0.4, 0.5) is 0 Å². The molecule has 3 amide bonds. The van der Waals surface area contributed by atoms with E-state index in [1.807, 2.05) is 0 Å². The first-order valence-electron chi connectivity index (χ1n) is 12.1. The summed E-state index contributed by atoms with van der Waals surface area (Å²) in [6, 6.07) is 6.26. The van der Waals surface area contributed by atoms with Crippen LogP contribution in [0.5, 0.6) is 17.2 Å². The topological polar surface area (TPSA) is 129 Å². The number of carbonyl (C=O) groups excluding carboxylic acids is 5. The van der Waals surface area contributed by atoms with Crippen molar-refractivity contribution in [1.29, 1.82) is 0 Å². The summed E-state index contributed by atoms with van der Waals surface area (Å²) in [5.74, 6) is -1.98. The number of imide groups is 1. The lowest BCUT2D eigenvalue weighted by Crippen LogP contribution is -2.64. The number of piperazine rings is 1. The van der Waals surface area contributed by atoms with Crippen molar-refractivity contribution in [3.05, 3.63) is 52.6 Å². The first-order chi connectivity index (χ1) is 18.1. The van der Waals surface area contributed by atoms with Gasteiger partial charge >= 0.3 is 11.9 Å². The maximum absolute atomic E-state index is 13.4. The number of ether oxygens (including phenoxy) is 4. The van der Waals surface area contributed by atoms with Gasteiger partial charge in [-0.05, 0) is 19.1 Å². The predicted octanol–water partition coefficient (Wildman–Crippen LogP) is 2.08. The first-order valence-corrected chi connectivity index (χ1v) is 12.1. The molecule has 1 saturated heterocycles. The largest absolute Gasteiger partial charge is 0.460 e. The number of benzene rings is 2. The summed E-state index contributed by atoms with van der Waals surface area (Å²) in [5.41, 5.74) is 1.65. The molecule has 0 saturated carbocycles. The van der Waals surface area contributed by atoms with Crippen molar-refractivity contribution >= 4 is 29.7 Å². The monoisotopic (exact) mass is 522 g/mol. The molecule has 0 spiro atoms. The number of amides is 3. The van der Waals surface area contributed by atoms with E-state index < -0.39 is 54.6 Å². The SMILES string of the molecule is CC(=O)Oc1c(C)c2c(c3c1[C@@H](COC(=O)c1ccccc1)N1C(=O)CN(C(C)=O)C(=O)[C@H]1C3)OC(C)O2. The van der Waals surface area contributed by atoms with Gasteiger partial charge in [-0.1, -0.05) is 18.2 Å². The smallest absolute Gasteiger partial charge is 0.338 e. The summed E-state index contributed by atoms with van der Waals surface area (Å²) in [4.78, 5) is 66.1. The molecule has 2 aromatic carbocycles. The molecule has 3 aliphatic heterocycles. The molecular formula is C27H26N2O9. The fraction of sp³-hybridized carbons (Fsp3) is 0.370. The highest BCUT2D eigenvalue weighted by molar-refractivity contribution is 6.05. The summed E-state index contributed by atoms with van der Waals surface area (Å²) >= 11 is 0. The molecule has 1 fully saturated rings. The zero-order valence-corrected chi connectivity index (χ0v) is 21.3. The summed E-state index contributed by atoms with van der Waals surface area (Å²) in [6.07, 6.45) is -0.662. The van der Waals surface area contributed by atoms with Crippen LogP contribution in [0.3, 0.4) is 0 Å². The van der Waals surface area contributed by atoms with Crippen molar-refractivity contribution in [2.75, 3.05) is 13.2 Å². The van der Waals surface area contributed by atoms with Crippen molar-refractivity contribution in [3.8, 4) is 17.2 Å². The number of esters is 2. The Morgan fingerprint density at radius 2 is 1.74 bits per heavy atom. The molecule has 0 aliphatic carbocycles. The van der Waals surface area contributed by atoms with Gasteiger partial charge in [-0.3, -0.25) is 24.1 Å². The molecule has 0 radical (unpaired) electrons. The minimum absolute atomic E-state index is 0.0141. The zero-order chi connectivity index (χ0) is 27.3. The Labute approximate surface area is 218 Å². The molecule has 1 unspecified atom stereocenters. The third-order valence-electron chi connectivity index (χ3n) is 6.84. The molecule has 5 rings (SSSR count). The molecule has 11 nitrogen and oxygen atoms in total. The highest BCUT2D eigenvalue weighted by atomic mass is 16.7. The minimum Gasteiger partial charge on any atom is -0.460 e. The van der Waals surface area contributed by atoms with E-state index in [1.54, 1.807) is 44.2 Å². The average Bonchev–Trinajstić information content (AvgIpc) is 3.28. The number of fused-ring (bicyclic) bond motifs is 4. The molecule has 3 heterocycles. The number of rotatable bonds is 4. The Bertz CT molecular complexity index is 1370. The summed E-state index contributed by atoms with van der Waals surface area (Å²) in [7, 11) is 0. The van der Waals surface area contributed by atoms with Gasteiger partial charge in [-0.15, -0.1) is 0 Å². The second-order valence-electron chi connectivity index (χ2n) is 9.35. The molecule has 11 heteroatoms. The van der Waals surface area contributed by atoms with Gasteiger partial charge in [0, 0.05) is 43.9 Å². The van der Waals surface area contributed by atoms with Gasteiger partial charge in [0.25, 0.3) is 5.91 Å². The zero-order valence-electron chi connectivity index (χ0n) is 21.3. The summed E-state index contributed by atoms with van der Waals surface area (Å²) in [6.45, 7) is 5.06. The van der Waals surface area contributed by atoms with E-state index >= 15 is 0 Å². The van der Waals surface area contributed by atoms with Crippen LogP contribution in [0.25, 0.3) is 0 Å². The summed E-state index contributed by atoms with van der Waals surface area (Å²) < 4.78 is 23.0. The fourth-order valence-electron chi connectivity index (χ4n) is 5.24. The van der Waals surface area contributed by atoms with Gasteiger partial charge < -0.3 is 23.8 Å². The molecular weight excluding hydrogens is 496 g/mol. The van der Waals surface area contributed by atoms with Crippen LogP contribution in [0.1, 0.15) is 53.9 Å².